The number of piperidine rings is 1. The van der Waals surface area contributed by atoms with Gasteiger partial charge in [-0.05, 0) is 50.6 Å². The molecule has 2 rings (SSSR count). The van der Waals surface area contributed by atoms with Crippen LogP contribution >= 0.6 is 0 Å². The molecule has 1 fully saturated rings. The average molecular weight is 278 g/mol. The monoisotopic (exact) mass is 278 g/mol. The van der Waals surface area contributed by atoms with E-state index in [-0.39, 0.29) is 11.7 Å². The van der Waals surface area contributed by atoms with Crippen LogP contribution in [0.1, 0.15) is 37.7 Å². The van der Waals surface area contributed by atoms with E-state index in [1.165, 1.54) is 31.4 Å². The summed E-state index contributed by atoms with van der Waals surface area (Å²) in [4.78, 5) is 14.2. The second-order valence-electron chi connectivity index (χ2n) is 5.58. The van der Waals surface area contributed by atoms with Crippen LogP contribution in [-0.4, -0.2) is 30.4 Å². The summed E-state index contributed by atoms with van der Waals surface area (Å²) >= 11 is 0. The third-order valence-corrected chi connectivity index (χ3v) is 4.00. The summed E-state index contributed by atoms with van der Waals surface area (Å²) in [5, 5.41) is 2.86. The molecule has 1 aliphatic rings. The van der Waals surface area contributed by atoms with Crippen LogP contribution in [0.3, 0.4) is 0 Å². The summed E-state index contributed by atoms with van der Waals surface area (Å²) in [6, 6.07) is 6.87. The molecule has 3 nitrogen and oxygen atoms in total. The van der Waals surface area contributed by atoms with E-state index in [4.69, 9.17) is 0 Å². The van der Waals surface area contributed by atoms with Gasteiger partial charge in [0, 0.05) is 19.0 Å². The topological polar surface area (TPSA) is 32.3 Å². The Morgan fingerprint density at radius 1 is 1.45 bits per heavy atom. The van der Waals surface area contributed by atoms with Crippen LogP contribution in [0.25, 0.3) is 0 Å². The normalized spacial score (nSPS) is 19.8. The Morgan fingerprint density at radius 3 is 3.05 bits per heavy atom. The van der Waals surface area contributed by atoms with Crippen molar-refractivity contribution in [3.05, 3.63) is 35.6 Å². The Hall–Kier alpha value is -1.42. The molecule has 110 valence electrons. The van der Waals surface area contributed by atoms with Gasteiger partial charge in [-0.15, -0.1) is 0 Å². The maximum atomic E-state index is 13.0. The van der Waals surface area contributed by atoms with Gasteiger partial charge in [-0.25, -0.2) is 4.39 Å². The molecular formula is C16H23FN2O. The molecule has 0 aromatic heterocycles. The number of hydrogen-bond acceptors (Lipinski definition) is 2. The minimum absolute atomic E-state index is 0.0493. The zero-order valence-corrected chi connectivity index (χ0v) is 12.1. The first-order valence-corrected chi connectivity index (χ1v) is 7.36. The second-order valence-corrected chi connectivity index (χ2v) is 5.58. The molecule has 1 amide bonds. The van der Waals surface area contributed by atoms with Crippen LogP contribution in [0, 0.1) is 5.82 Å². The molecular weight excluding hydrogens is 255 g/mol. The Labute approximate surface area is 120 Å². The predicted molar refractivity (Wildman–Crippen MR) is 77.7 cm³/mol. The zero-order chi connectivity index (χ0) is 14.4. The fraction of sp³-hybridized carbons (Fsp3) is 0.562. The van der Waals surface area contributed by atoms with Crippen molar-refractivity contribution in [3.63, 3.8) is 0 Å². The summed E-state index contributed by atoms with van der Waals surface area (Å²) in [6.45, 7) is 1.53. The van der Waals surface area contributed by atoms with Crippen LogP contribution in [0.15, 0.2) is 24.3 Å². The molecule has 0 spiro atoms. The number of amides is 1. The minimum atomic E-state index is -0.263. The summed E-state index contributed by atoms with van der Waals surface area (Å²) in [5.74, 6) is -0.214. The maximum absolute atomic E-state index is 13.0. The van der Waals surface area contributed by atoms with Gasteiger partial charge < -0.3 is 10.2 Å². The number of nitrogens with one attached hydrogen (secondary N) is 1. The quantitative estimate of drug-likeness (QED) is 0.898. The lowest BCUT2D eigenvalue weighted by Gasteiger charge is -2.32. The number of benzene rings is 1. The lowest BCUT2D eigenvalue weighted by Crippen LogP contribution is -2.37. The number of carbonyl (C=O) groups is 1. The molecule has 1 heterocycles. The highest BCUT2D eigenvalue weighted by atomic mass is 19.1. The molecule has 1 saturated heterocycles. The number of likely N-dealkylation sites (tertiary alicyclic amines) is 1. The number of carbonyl (C=O) groups excluding carboxylic acids is 1. The van der Waals surface area contributed by atoms with Crippen molar-refractivity contribution in [1.29, 1.82) is 0 Å². The molecule has 0 bridgehead atoms. The third kappa shape index (κ3) is 4.60. The van der Waals surface area contributed by atoms with Gasteiger partial charge in [-0.1, -0.05) is 18.6 Å². The summed E-state index contributed by atoms with van der Waals surface area (Å²) in [7, 11) is 2.13. The Bertz CT molecular complexity index is 450. The summed E-state index contributed by atoms with van der Waals surface area (Å²) < 4.78 is 13.0. The first-order chi connectivity index (χ1) is 9.65. The van der Waals surface area contributed by atoms with Gasteiger partial charge in [-0.2, -0.15) is 0 Å². The summed E-state index contributed by atoms with van der Waals surface area (Å²) in [6.07, 6.45) is 5.17. The number of hydrogen-bond donors (Lipinski definition) is 1. The highest BCUT2D eigenvalue weighted by molar-refractivity contribution is 5.75. The van der Waals surface area contributed by atoms with E-state index in [1.54, 1.807) is 6.07 Å². The molecule has 1 atom stereocenters. The molecule has 0 unspecified atom stereocenters. The van der Waals surface area contributed by atoms with E-state index in [0.717, 1.165) is 18.5 Å². The van der Waals surface area contributed by atoms with E-state index in [2.05, 4.69) is 17.3 Å². The lowest BCUT2D eigenvalue weighted by molar-refractivity contribution is -0.121. The average Bonchev–Trinajstić information content (AvgIpc) is 2.44. The van der Waals surface area contributed by atoms with E-state index in [9.17, 15) is 9.18 Å². The van der Waals surface area contributed by atoms with Crippen LogP contribution in [0.2, 0.25) is 0 Å². The smallest absolute Gasteiger partial charge is 0.220 e. The second kappa shape index (κ2) is 7.39. The maximum Gasteiger partial charge on any atom is 0.220 e. The van der Waals surface area contributed by atoms with E-state index < -0.39 is 0 Å². The fourth-order valence-corrected chi connectivity index (χ4v) is 2.74. The van der Waals surface area contributed by atoms with Gasteiger partial charge in [0.25, 0.3) is 0 Å². The first kappa shape index (κ1) is 15.0. The van der Waals surface area contributed by atoms with Crippen LogP contribution in [0.4, 0.5) is 4.39 Å². The number of nitrogens with zero attached hydrogens (tertiary/aromatic N) is 1. The van der Waals surface area contributed by atoms with Gasteiger partial charge in [-0.3, -0.25) is 4.79 Å². The minimum Gasteiger partial charge on any atom is -0.352 e. The van der Waals surface area contributed by atoms with Crippen molar-refractivity contribution >= 4 is 5.91 Å². The highest BCUT2D eigenvalue weighted by Gasteiger charge is 2.19. The Balaban J connectivity index is 1.70. The largest absolute Gasteiger partial charge is 0.352 e. The number of rotatable bonds is 5. The van der Waals surface area contributed by atoms with Crippen molar-refractivity contribution in [2.45, 2.75) is 44.7 Å². The van der Waals surface area contributed by atoms with Gasteiger partial charge in [0.1, 0.15) is 5.82 Å². The molecule has 0 aliphatic carbocycles. The predicted octanol–water partition coefficient (Wildman–Crippen LogP) is 2.71. The van der Waals surface area contributed by atoms with Crippen LogP contribution in [0.5, 0.6) is 0 Å². The molecule has 20 heavy (non-hydrogen) atoms. The van der Waals surface area contributed by atoms with Crippen LogP contribution in [-0.2, 0) is 11.3 Å². The van der Waals surface area contributed by atoms with Crippen LogP contribution < -0.4 is 5.32 Å². The van der Waals surface area contributed by atoms with E-state index in [0.29, 0.717) is 19.0 Å². The first-order valence-electron chi connectivity index (χ1n) is 7.36. The zero-order valence-electron chi connectivity index (χ0n) is 12.1. The Kier molecular flexibility index (Phi) is 5.53. The third-order valence-electron chi connectivity index (χ3n) is 4.00. The van der Waals surface area contributed by atoms with Gasteiger partial charge in [0.05, 0.1) is 0 Å². The molecule has 1 N–H and O–H groups in total. The van der Waals surface area contributed by atoms with E-state index in [1.807, 2.05) is 6.07 Å². The van der Waals surface area contributed by atoms with Gasteiger partial charge >= 0.3 is 0 Å². The summed E-state index contributed by atoms with van der Waals surface area (Å²) in [5.41, 5.74) is 0.799. The molecule has 0 radical (unpaired) electrons. The molecule has 0 saturated carbocycles. The standard InChI is InChI=1S/C16H23FN2O/c1-19-10-3-2-7-15(19)8-9-16(20)18-12-13-5-4-6-14(17)11-13/h4-6,11,15H,2-3,7-10,12H2,1H3,(H,18,20)/t15-/m0/s1. The molecule has 1 aromatic rings. The SMILES string of the molecule is CN1CCCC[C@H]1CCC(=O)NCc1cccc(F)c1. The van der Waals surface area contributed by atoms with Gasteiger partial charge in [0.2, 0.25) is 5.91 Å². The van der Waals surface area contributed by atoms with Crippen molar-refractivity contribution in [2.24, 2.45) is 0 Å². The van der Waals surface area contributed by atoms with Crippen molar-refractivity contribution in [2.75, 3.05) is 13.6 Å². The van der Waals surface area contributed by atoms with Gasteiger partial charge in [0.15, 0.2) is 0 Å². The fourth-order valence-electron chi connectivity index (χ4n) is 2.74. The lowest BCUT2D eigenvalue weighted by atomic mass is 9.98. The number of halogens is 1. The van der Waals surface area contributed by atoms with E-state index >= 15 is 0 Å². The molecule has 4 heteroatoms. The van der Waals surface area contributed by atoms with Crippen molar-refractivity contribution in [1.82, 2.24) is 10.2 Å². The van der Waals surface area contributed by atoms with Crippen molar-refractivity contribution in [3.8, 4) is 0 Å². The van der Waals surface area contributed by atoms with Crippen molar-refractivity contribution < 1.29 is 9.18 Å². The molecule has 1 aliphatic heterocycles. The Morgan fingerprint density at radius 2 is 2.30 bits per heavy atom. The highest BCUT2D eigenvalue weighted by Crippen LogP contribution is 2.18. The molecule has 1 aromatic carbocycles.